The lowest BCUT2D eigenvalue weighted by molar-refractivity contribution is -0.140. The molecule has 0 aliphatic heterocycles. The number of carbonyl (C=O) groups excluding carboxylic acids is 1. The molecule has 6 nitrogen and oxygen atoms in total. The average molecular weight is 242 g/mol. The maximum absolute atomic E-state index is 11.4. The Morgan fingerprint density at radius 2 is 2.24 bits per heavy atom. The second kappa shape index (κ2) is 8.56. The molecular weight excluding hydrogens is 224 g/mol. The van der Waals surface area contributed by atoms with Crippen molar-refractivity contribution in [3.05, 3.63) is 0 Å². The van der Waals surface area contributed by atoms with Crippen LogP contribution in [0.3, 0.4) is 0 Å². The van der Waals surface area contributed by atoms with Gasteiger partial charge in [0.05, 0.1) is 18.6 Å². The Labute approximate surface area is 101 Å². The number of aliphatic carboxylic acids is 1. The van der Waals surface area contributed by atoms with E-state index in [1.54, 1.807) is 6.92 Å². The van der Waals surface area contributed by atoms with Crippen LogP contribution in [-0.4, -0.2) is 42.3 Å². The first-order chi connectivity index (χ1) is 8.01. The van der Waals surface area contributed by atoms with E-state index in [1.165, 1.54) is 0 Å². The van der Waals surface area contributed by atoms with Gasteiger partial charge in [0, 0.05) is 19.6 Å². The van der Waals surface area contributed by atoms with E-state index in [9.17, 15) is 9.59 Å². The monoisotopic (exact) mass is 242 g/mol. The standard InChI is InChI=1S/C11H18N2O4/c1-3-5-9(12)11(16)13-7-8(17-4-2)6-10(14)15/h1,8-9H,4-7,12H2,2H3,(H,13,16)(H,14,15). The van der Waals surface area contributed by atoms with Gasteiger partial charge in [-0.25, -0.2) is 0 Å². The number of carboxylic acids is 1. The zero-order chi connectivity index (χ0) is 13.3. The van der Waals surface area contributed by atoms with E-state index in [0.717, 1.165) is 0 Å². The highest BCUT2D eigenvalue weighted by molar-refractivity contribution is 5.81. The van der Waals surface area contributed by atoms with Crippen molar-refractivity contribution in [2.75, 3.05) is 13.2 Å². The topological polar surface area (TPSA) is 102 Å². The van der Waals surface area contributed by atoms with Crippen LogP contribution in [0.5, 0.6) is 0 Å². The highest BCUT2D eigenvalue weighted by Gasteiger charge is 2.17. The molecule has 6 heteroatoms. The minimum Gasteiger partial charge on any atom is -0.481 e. The highest BCUT2D eigenvalue weighted by Crippen LogP contribution is 1.98. The molecule has 0 aromatic rings. The van der Waals surface area contributed by atoms with Gasteiger partial charge in [-0.3, -0.25) is 9.59 Å². The van der Waals surface area contributed by atoms with Crippen molar-refractivity contribution in [2.24, 2.45) is 5.73 Å². The molecule has 0 saturated heterocycles. The minimum absolute atomic E-state index is 0.108. The number of amides is 1. The summed E-state index contributed by atoms with van der Waals surface area (Å²) in [6.07, 6.45) is 4.44. The lowest BCUT2D eigenvalue weighted by Gasteiger charge is -2.17. The third-order valence-electron chi connectivity index (χ3n) is 1.98. The lowest BCUT2D eigenvalue weighted by atomic mass is 10.2. The normalized spacial score (nSPS) is 13.5. The largest absolute Gasteiger partial charge is 0.481 e. The van der Waals surface area contributed by atoms with Crippen LogP contribution < -0.4 is 11.1 Å². The third kappa shape index (κ3) is 7.33. The van der Waals surface area contributed by atoms with Gasteiger partial charge in [0.1, 0.15) is 0 Å². The lowest BCUT2D eigenvalue weighted by Crippen LogP contribution is -2.44. The maximum atomic E-state index is 11.4. The zero-order valence-corrected chi connectivity index (χ0v) is 9.81. The van der Waals surface area contributed by atoms with Crippen LogP contribution in [0.4, 0.5) is 0 Å². The molecule has 0 aromatic carbocycles. The summed E-state index contributed by atoms with van der Waals surface area (Å²) in [6, 6.07) is -0.771. The summed E-state index contributed by atoms with van der Waals surface area (Å²) < 4.78 is 5.17. The number of hydrogen-bond acceptors (Lipinski definition) is 4. The van der Waals surface area contributed by atoms with Crippen LogP contribution in [0.15, 0.2) is 0 Å². The number of terminal acetylenes is 1. The van der Waals surface area contributed by atoms with E-state index in [0.29, 0.717) is 6.61 Å². The smallest absolute Gasteiger partial charge is 0.306 e. The van der Waals surface area contributed by atoms with E-state index in [4.69, 9.17) is 22.0 Å². The Balaban J connectivity index is 4.07. The number of rotatable bonds is 8. The van der Waals surface area contributed by atoms with Crippen LogP contribution >= 0.6 is 0 Å². The van der Waals surface area contributed by atoms with E-state index in [-0.39, 0.29) is 19.4 Å². The van der Waals surface area contributed by atoms with Gasteiger partial charge in [0.15, 0.2) is 0 Å². The van der Waals surface area contributed by atoms with Crippen LogP contribution in [-0.2, 0) is 14.3 Å². The molecular formula is C11H18N2O4. The maximum Gasteiger partial charge on any atom is 0.306 e. The molecule has 17 heavy (non-hydrogen) atoms. The van der Waals surface area contributed by atoms with Crippen molar-refractivity contribution in [3.63, 3.8) is 0 Å². The van der Waals surface area contributed by atoms with Gasteiger partial charge in [-0.15, -0.1) is 12.3 Å². The molecule has 0 heterocycles. The highest BCUT2D eigenvalue weighted by atomic mass is 16.5. The molecule has 4 N–H and O–H groups in total. The fraction of sp³-hybridized carbons (Fsp3) is 0.636. The SMILES string of the molecule is C#CCC(N)C(=O)NCC(CC(=O)O)OCC. The number of nitrogens with one attached hydrogen (secondary N) is 1. The second-order valence-electron chi connectivity index (χ2n) is 3.44. The summed E-state index contributed by atoms with van der Waals surface area (Å²) in [5.74, 6) is 0.897. The van der Waals surface area contributed by atoms with Crippen molar-refractivity contribution in [2.45, 2.75) is 31.9 Å². The summed E-state index contributed by atoms with van der Waals surface area (Å²) in [5.41, 5.74) is 5.48. The predicted molar refractivity (Wildman–Crippen MR) is 62.1 cm³/mol. The third-order valence-corrected chi connectivity index (χ3v) is 1.98. The number of nitrogens with two attached hydrogens (primary N) is 1. The Kier molecular flexibility index (Phi) is 7.76. The van der Waals surface area contributed by atoms with Crippen molar-refractivity contribution < 1.29 is 19.4 Å². The van der Waals surface area contributed by atoms with Gasteiger partial charge in [0.25, 0.3) is 0 Å². The molecule has 0 radical (unpaired) electrons. The summed E-state index contributed by atoms with van der Waals surface area (Å²) in [6.45, 7) is 2.24. The van der Waals surface area contributed by atoms with E-state index in [1.807, 2.05) is 0 Å². The van der Waals surface area contributed by atoms with Crippen LogP contribution in [0.25, 0.3) is 0 Å². The molecule has 96 valence electrons. The molecule has 0 spiro atoms. The number of hydrogen-bond donors (Lipinski definition) is 3. The van der Waals surface area contributed by atoms with Gasteiger partial charge >= 0.3 is 5.97 Å². The summed E-state index contributed by atoms with van der Waals surface area (Å²) in [4.78, 5) is 21.9. The Morgan fingerprint density at radius 3 is 2.71 bits per heavy atom. The van der Waals surface area contributed by atoms with Gasteiger partial charge in [-0.05, 0) is 6.92 Å². The molecule has 0 aliphatic carbocycles. The second-order valence-corrected chi connectivity index (χ2v) is 3.44. The Morgan fingerprint density at radius 1 is 1.59 bits per heavy atom. The zero-order valence-electron chi connectivity index (χ0n) is 9.81. The number of carboxylic acid groups (broad SMARTS) is 1. The average Bonchev–Trinajstić information content (AvgIpc) is 2.25. The molecule has 2 atom stereocenters. The van der Waals surface area contributed by atoms with Crippen LogP contribution in [0.1, 0.15) is 19.8 Å². The van der Waals surface area contributed by atoms with E-state index >= 15 is 0 Å². The summed E-state index contributed by atoms with van der Waals surface area (Å²) >= 11 is 0. The molecule has 0 aromatic heterocycles. The van der Waals surface area contributed by atoms with Gasteiger partial charge in [-0.1, -0.05) is 0 Å². The van der Waals surface area contributed by atoms with Crippen molar-refractivity contribution in [1.29, 1.82) is 0 Å². The summed E-state index contributed by atoms with van der Waals surface area (Å²) in [7, 11) is 0. The first-order valence-electron chi connectivity index (χ1n) is 5.31. The first-order valence-corrected chi connectivity index (χ1v) is 5.31. The molecule has 2 unspecified atom stereocenters. The van der Waals surface area contributed by atoms with Crippen molar-refractivity contribution in [3.8, 4) is 12.3 Å². The molecule has 0 saturated carbocycles. The fourth-order valence-electron chi connectivity index (χ4n) is 1.19. The van der Waals surface area contributed by atoms with E-state index in [2.05, 4.69) is 11.2 Å². The number of carbonyl (C=O) groups is 2. The first kappa shape index (κ1) is 15.4. The molecule has 0 bridgehead atoms. The summed E-state index contributed by atoms with van der Waals surface area (Å²) in [5, 5.41) is 11.1. The van der Waals surface area contributed by atoms with Crippen LogP contribution in [0.2, 0.25) is 0 Å². The van der Waals surface area contributed by atoms with Gasteiger partial charge < -0.3 is 20.9 Å². The quantitative estimate of drug-likeness (QED) is 0.490. The molecule has 0 rings (SSSR count). The fourth-order valence-corrected chi connectivity index (χ4v) is 1.19. The van der Waals surface area contributed by atoms with E-state index < -0.39 is 24.0 Å². The molecule has 0 fully saturated rings. The number of ether oxygens (including phenoxy) is 1. The van der Waals surface area contributed by atoms with Crippen molar-refractivity contribution >= 4 is 11.9 Å². The Bertz CT molecular complexity index is 298. The molecule has 1 amide bonds. The Hall–Kier alpha value is -1.58. The van der Waals surface area contributed by atoms with Crippen LogP contribution in [0, 0.1) is 12.3 Å². The molecule has 0 aliphatic rings. The minimum atomic E-state index is -0.981. The predicted octanol–water partition coefficient (Wildman–Crippen LogP) is -0.667. The van der Waals surface area contributed by atoms with Gasteiger partial charge in [0.2, 0.25) is 5.91 Å². The van der Waals surface area contributed by atoms with Crippen molar-refractivity contribution in [1.82, 2.24) is 5.32 Å². The van der Waals surface area contributed by atoms with Gasteiger partial charge in [-0.2, -0.15) is 0 Å².